The molecule has 0 aliphatic rings. The smallest absolute Gasteiger partial charge is 0.270 e. The first-order chi connectivity index (χ1) is 10.3. The molecule has 0 aliphatic carbocycles. The summed E-state index contributed by atoms with van der Waals surface area (Å²) in [6, 6.07) is 9.17. The quantitative estimate of drug-likeness (QED) is 0.826. The topological polar surface area (TPSA) is 65.5 Å². The first-order valence-electron chi connectivity index (χ1n) is 6.99. The number of rotatable bonds is 5. The number of benzene rings is 1. The summed E-state index contributed by atoms with van der Waals surface area (Å²) in [5.74, 6) is -0.355. The lowest BCUT2D eigenvalue weighted by atomic mass is 10.1. The summed E-state index contributed by atoms with van der Waals surface area (Å²) in [5, 5.41) is 14.9. The van der Waals surface area contributed by atoms with Crippen molar-refractivity contribution >= 4 is 28.3 Å². The van der Waals surface area contributed by atoms with Gasteiger partial charge >= 0.3 is 0 Å². The van der Waals surface area contributed by atoms with E-state index in [4.69, 9.17) is 11.6 Å². The second-order valence-corrected chi connectivity index (χ2v) is 6.29. The third-order valence-electron chi connectivity index (χ3n) is 3.21. The van der Waals surface area contributed by atoms with E-state index in [0.717, 1.165) is 10.8 Å². The second kappa shape index (κ2) is 6.60. The number of aliphatic hydroxyl groups is 1. The highest BCUT2D eigenvalue weighted by Crippen LogP contribution is 2.22. The summed E-state index contributed by atoms with van der Waals surface area (Å²) < 4.78 is 0. The molecule has 1 atom stereocenters. The third kappa shape index (κ3) is 4.16. The summed E-state index contributed by atoms with van der Waals surface area (Å²) in [4.78, 5) is 18.2. The van der Waals surface area contributed by atoms with Crippen molar-refractivity contribution in [2.45, 2.75) is 12.5 Å². The van der Waals surface area contributed by atoms with Gasteiger partial charge in [-0.15, -0.1) is 0 Å². The molecule has 5 nitrogen and oxygen atoms in total. The van der Waals surface area contributed by atoms with Crippen molar-refractivity contribution in [3.63, 3.8) is 0 Å². The zero-order valence-electron chi connectivity index (χ0n) is 12.9. The van der Waals surface area contributed by atoms with E-state index in [0.29, 0.717) is 11.7 Å². The number of hydrogen-bond donors (Lipinski definition) is 2. The van der Waals surface area contributed by atoms with Crippen molar-refractivity contribution in [1.82, 2.24) is 15.2 Å². The molecule has 1 aromatic heterocycles. The highest BCUT2D eigenvalue weighted by molar-refractivity contribution is 6.34. The van der Waals surface area contributed by atoms with Crippen LogP contribution in [0.15, 0.2) is 30.3 Å². The Morgan fingerprint density at radius 3 is 2.77 bits per heavy atom. The minimum atomic E-state index is -1.01. The van der Waals surface area contributed by atoms with E-state index < -0.39 is 5.60 Å². The second-order valence-electron chi connectivity index (χ2n) is 5.94. The number of pyridine rings is 1. The Balaban J connectivity index is 2.13. The Labute approximate surface area is 134 Å². The van der Waals surface area contributed by atoms with Gasteiger partial charge in [0.1, 0.15) is 10.8 Å². The molecular formula is C16H20ClN3O2. The highest BCUT2D eigenvalue weighted by Gasteiger charge is 2.23. The number of hydrogen-bond acceptors (Lipinski definition) is 4. The van der Waals surface area contributed by atoms with Gasteiger partial charge in [-0.1, -0.05) is 35.9 Å². The average Bonchev–Trinajstić information content (AvgIpc) is 2.43. The molecule has 0 saturated carbocycles. The molecule has 2 N–H and O–H groups in total. The third-order valence-corrected chi connectivity index (χ3v) is 3.50. The van der Waals surface area contributed by atoms with Crippen molar-refractivity contribution in [3.8, 4) is 0 Å². The van der Waals surface area contributed by atoms with E-state index in [1.54, 1.807) is 13.0 Å². The summed E-state index contributed by atoms with van der Waals surface area (Å²) in [6.07, 6.45) is 0. The lowest BCUT2D eigenvalue weighted by molar-refractivity contribution is 0.0325. The molecule has 0 saturated heterocycles. The van der Waals surface area contributed by atoms with Crippen LogP contribution in [-0.2, 0) is 0 Å². The summed E-state index contributed by atoms with van der Waals surface area (Å²) in [7, 11) is 3.72. The van der Waals surface area contributed by atoms with Crippen LogP contribution < -0.4 is 5.32 Å². The maximum atomic E-state index is 12.2. The van der Waals surface area contributed by atoms with Gasteiger partial charge in [-0.3, -0.25) is 4.79 Å². The first kappa shape index (κ1) is 16.7. The average molecular weight is 322 g/mol. The maximum Gasteiger partial charge on any atom is 0.270 e. The van der Waals surface area contributed by atoms with Crippen LogP contribution in [-0.4, -0.2) is 53.7 Å². The molecule has 0 aliphatic heterocycles. The van der Waals surface area contributed by atoms with E-state index in [1.807, 2.05) is 43.3 Å². The molecule has 0 bridgehead atoms. The Morgan fingerprint density at radius 1 is 1.41 bits per heavy atom. The van der Waals surface area contributed by atoms with Crippen LogP contribution in [0.25, 0.3) is 10.8 Å². The Hall–Kier alpha value is -1.69. The molecule has 0 radical (unpaired) electrons. The van der Waals surface area contributed by atoms with Crippen LogP contribution >= 0.6 is 11.6 Å². The molecule has 1 amide bonds. The van der Waals surface area contributed by atoms with E-state index in [9.17, 15) is 9.90 Å². The van der Waals surface area contributed by atoms with Crippen molar-refractivity contribution in [3.05, 3.63) is 41.2 Å². The summed E-state index contributed by atoms with van der Waals surface area (Å²) in [6.45, 7) is 2.25. The van der Waals surface area contributed by atoms with E-state index in [1.165, 1.54) is 0 Å². The molecule has 2 aromatic rings. The molecule has 1 aromatic carbocycles. The van der Waals surface area contributed by atoms with Gasteiger partial charge in [-0.25, -0.2) is 4.98 Å². The molecule has 6 heteroatoms. The van der Waals surface area contributed by atoms with Gasteiger partial charge in [0.05, 0.1) is 5.60 Å². The van der Waals surface area contributed by atoms with E-state index in [2.05, 4.69) is 10.3 Å². The molecule has 0 spiro atoms. The van der Waals surface area contributed by atoms with Gasteiger partial charge in [0.2, 0.25) is 0 Å². The Morgan fingerprint density at radius 2 is 2.09 bits per heavy atom. The van der Waals surface area contributed by atoms with Gasteiger partial charge in [-0.05, 0) is 32.5 Å². The van der Waals surface area contributed by atoms with Crippen LogP contribution in [0.2, 0.25) is 5.15 Å². The number of aromatic nitrogens is 1. The van der Waals surface area contributed by atoms with Crippen LogP contribution in [0, 0.1) is 0 Å². The normalized spacial score (nSPS) is 14.1. The summed E-state index contributed by atoms with van der Waals surface area (Å²) in [5.41, 5.74) is -0.774. The molecule has 22 heavy (non-hydrogen) atoms. The van der Waals surface area contributed by atoms with Crippen molar-refractivity contribution in [1.29, 1.82) is 0 Å². The monoisotopic (exact) mass is 321 g/mol. The number of nitrogens with one attached hydrogen (secondary N) is 1. The van der Waals surface area contributed by atoms with Crippen molar-refractivity contribution < 1.29 is 9.90 Å². The SMILES string of the molecule is CN(C)CC(C)(O)CNC(=O)c1cc2ccccc2c(Cl)n1. The zero-order valence-corrected chi connectivity index (χ0v) is 13.7. The van der Waals surface area contributed by atoms with E-state index in [-0.39, 0.29) is 18.1 Å². The number of nitrogens with zero attached hydrogens (tertiary/aromatic N) is 2. The molecular weight excluding hydrogens is 302 g/mol. The number of fused-ring (bicyclic) bond motifs is 1. The van der Waals surface area contributed by atoms with Crippen molar-refractivity contribution in [2.24, 2.45) is 0 Å². The first-order valence-corrected chi connectivity index (χ1v) is 7.37. The van der Waals surface area contributed by atoms with Gasteiger partial charge in [-0.2, -0.15) is 0 Å². The number of halogens is 1. The lowest BCUT2D eigenvalue weighted by Gasteiger charge is -2.27. The van der Waals surface area contributed by atoms with Crippen LogP contribution in [0.3, 0.4) is 0 Å². The molecule has 118 valence electrons. The largest absolute Gasteiger partial charge is 0.387 e. The minimum Gasteiger partial charge on any atom is -0.387 e. The molecule has 1 unspecified atom stereocenters. The zero-order chi connectivity index (χ0) is 16.3. The van der Waals surface area contributed by atoms with Gasteiger partial charge in [0.15, 0.2) is 0 Å². The fraction of sp³-hybridized carbons (Fsp3) is 0.375. The minimum absolute atomic E-state index is 0.135. The van der Waals surface area contributed by atoms with Crippen LogP contribution in [0.4, 0.5) is 0 Å². The predicted octanol–water partition coefficient (Wildman–Crippen LogP) is 1.93. The predicted molar refractivity (Wildman–Crippen MR) is 88.3 cm³/mol. The fourth-order valence-corrected chi connectivity index (χ4v) is 2.63. The van der Waals surface area contributed by atoms with Gasteiger partial charge < -0.3 is 15.3 Å². The van der Waals surface area contributed by atoms with Crippen LogP contribution in [0.5, 0.6) is 0 Å². The number of carbonyl (C=O) groups is 1. The van der Waals surface area contributed by atoms with E-state index >= 15 is 0 Å². The number of likely N-dealkylation sites (N-methyl/N-ethyl adjacent to an activating group) is 1. The molecule has 2 rings (SSSR count). The maximum absolute atomic E-state index is 12.2. The standard InChI is InChI=1S/C16H20ClN3O2/c1-16(22,10-20(2)3)9-18-15(21)13-8-11-6-4-5-7-12(11)14(17)19-13/h4-8,22H,9-10H2,1-3H3,(H,18,21). The Kier molecular flexibility index (Phi) is 5.01. The summed E-state index contributed by atoms with van der Waals surface area (Å²) >= 11 is 6.12. The lowest BCUT2D eigenvalue weighted by Crippen LogP contribution is -2.47. The fourth-order valence-electron chi connectivity index (χ4n) is 2.37. The molecule has 0 fully saturated rings. The Bertz CT molecular complexity index is 686. The van der Waals surface area contributed by atoms with Gasteiger partial charge in [0.25, 0.3) is 5.91 Å². The number of amides is 1. The van der Waals surface area contributed by atoms with Crippen LogP contribution in [0.1, 0.15) is 17.4 Å². The highest BCUT2D eigenvalue weighted by atomic mass is 35.5. The molecule has 1 heterocycles. The number of carbonyl (C=O) groups excluding carboxylic acids is 1. The van der Waals surface area contributed by atoms with Gasteiger partial charge in [0, 0.05) is 18.5 Å². The van der Waals surface area contributed by atoms with Crippen molar-refractivity contribution in [2.75, 3.05) is 27.2 Å².